The van der Waals surface area contributed by atoms with E-state index in [1.54, 1.807) is 6.92 Å². The smallest absolute Gasteiger partial charge is 0.323 e. The highest BCUT2D eigenvalue weighted by atomic mass is 16.4. The van der Waals surface area contributed by atoms with E-state index < -0.39 is 18.4 Å². The molecule has 2 aliphatic heterocycles. The standard InChI is InChI=1S/C19H30N4O5/c1-14-11-16(24)4-3-15(19(28)23(14)13-18(26)27)5-6-20-17(25)12-22-9-7-21(2)8-10-22/h11,15H,3-10,12-13H2,1-2H3,(H,20,25)(H,26,27)/b14-11-. The number of carboxylic acids is 1. The van der Waals surface area contributed by atoms with Crippen LogP contribution in [0.5, 0.6) is 0 Å². The maximum absolute atomic E-state index is 12.8. The summed E-state index contributed by atoms with van der Waals surface area (Å²) in [6, 6.07) is 0. The zero-order chi connectivity index (χ0) is 20.7. The average molecular weight is 394 g/mol. The maximum Gasteiger partial charge on any atom is 0.323 e. The summed E-state index contributed by atoms with van der Waals surface area (Å²) in [7, 11) is 2.05. The predicted molar refractivity (Wildman–Crippen MR) is 102 cm³/mol. The van der Waals surface area contributed by atoms with E-state index in [-0.39, 0.29) is 24.0 Å². The number of carbonyl (C=O) groups excluding carboxylic acids is 3. The molecule has 2 heterocycles. The average Bonchev–Trinajstić information content (AvgIpc) is 2.63. The van der Waals surface area contributed by atoms with E-state index in [9.17, 15) is 19.2 Å². The zero-order valence-electron chi connectivity index (χ0n) is 16.6. The van der Waals surface area contributed by atoms with E-state index in [2.05, 4.69) is 22.2 Å². The third-order valence-electron chi connectivity index (χ3n) is 5.22. The molecule has 9 heteroatoms. The van der Waals surface area contributed by atoms with E-state index in [4.69, 9.17) is 5.11 Å². The van der Waals surface area contributed by atoms with Crippen molar-refractivity contribution in [2.45, 2.75) is 26.2 Å². The first-order valence-corrected chi connectivity index (χ1v) is 9.68. The second-order valence-corrected chi connectivity index (χ2v) is 7.52. The van der Waals surface area contributed by atoms with E-state index in [0.717, 1.165) is 31.1 Å². The van der Waals surface area contributed by atoms with Gasteiger partial charge in [0.15, 0.2) is 5.78 Å². The highest BCUT2D eigenvalue weighted by Gasteiger charge is 2.29. The Kier molecular flexibility index (Phi) is 8.13. The minimum atomic E-state index is -1.13. The molecular formula is C19H30N4O5. The van der Waals surface area contributed by atoms with Gasteiger partial charge in [-0.3, -0.25) is 24.1 Å². The molecule has 1 unspecified atom stereocenters. The molecule has 28 heavy (non-hydrogen) atoms. The van der Waals surface area contributed by atoms with Gasteiger partial charge in [0.05, 0.1) is 6.54 Å². The number of amides is 2. The second kappa shape index (κ2) is 10.3. The number of allylic oxidation sites excluding steroid dienone is 2. The Labute approximate surface area is 165 Å². The Morgan fingerprint density at radius 1 is 1.18 bits per heavy atom. The molecule has 0 aliphatic carbocycles. The molecule has 0 radical (unpaired) electrons. The first-order chi connectivity index (χ1) is 13.3. The van der Waals surface area contributed by atoms with E-state index in [0.29, 0.717) is 31.6 Å². The number of likely N-dealkylation sites (N-methyl/N-ethyl adjacent to an activating group) is 1. The number of hydrogen-bond acceptors (Lipinski definition) is 6. The number of hydrogen-bond donors (Lipinski definition) is 2. The Balaban J connectivity index is 1.86. The lowest BCUT2D eigenvalue weighted by atomic mass is 9.94. The van der Waals surface area contributed by atoms with Gasteiger partial charge >= 0.3 is 5.97 Å². The van der Waals surface area contributed by atoms with Gasteiger partial charge in [-0.2, -0.15) is 0 Å². The van der Waals surface area contributed by atoms with Crippen molar-refractivity contribution in [2.24, 2.45) is 5.92 Å². The summed E-state index contributed by atoms with van der Waals surface area (Å²) in [5.41, 5.74) is 0.348. The van der Waals surface area contributed by atoms with Gasteiger partial charge in [0.2, 0.25) is 11.8 Å². The van der Waals surface area contributed by atoms with Gasteiger partial charge in [-0.25, -0.2) is 0 Å². The third-order valence-corrected chi connectivity index (χ3v) is 5.22. The molecule has 156 valence electrons. The fourth-order valence-electron chi connectivity index (χ4n) is 3.47. The number of carbonyl (C=O) groups is 4. The largest absolute Gasteiger partial charge is 0.480 e. The monoisotopic (exact) mass is 394 g/mol. The first kappa shape index (κ1) is 22.0. The van der Waals surface area contributed by atoms with E-state index >= 15 is 0 Å². The quantitative estimate of drug-likeness (QED) is 0.601. The number of nitrogens with zero attached hydrogens (tertiary/aromatic N) is 3. The van der Waals surface area contributed by atoms with Crippen molar-refractivity contribution in [2.75, 3.05) is 52.9 Å². The van der Waals surface area contributed by atoms with E-state index in [1.165, 1.54) is 6.08 Å². The topological polar surface area (TPSA) is 110 Å². The Hall–Kier alpha value is -2.26. The molecule has 2 N–H and O–H groups in total. The number of aliphatic carboxylic acids is 1. The number of rotatable bonds is 7. The van der Waals surface area contributed by atoms with Crippen LogP contribution in [0.15, 0.2) is 11.8 Å². The number of carboxylic acid groups (broad SMARTS) is 1. The Morgan fingerprint density at radius 3 is 2.50 bits per heavy atom. The molecule has 0 aromatic rings. The lowest BCUT2D eigenvalue weighted by Gasteiger charge is -2.31. The summed E-state index contributed by atoms with van der Waals surface area (Å²) in [5, 5.41) is 11.9. The molecule has 2 aliphatic rings. The van der Waals surface area contributed by atoms with Crippen molar-refractivity contribution in [1.82, 2.24) is 20.0 Å². The summed E-state index contributed by atoms with van der Waals surface area (Å²) < 4.78 is 0. The van der Waals surface area contributed by atoms with Gasteiger partial charge in [-0.15, -0.1) is 0 Å². The number of nitrogens with one attached hydrogen (secondary N) is 1. The molecular weight excluding hydrogens is 364 g/mol. The van der Waals surface area contributed by atoms with Gasteiger partial charge in [-0.05, 0) is 26.8 Å². The van der Waals surface area contributed by atoms with Gasteiger partial charge in [0.1, 0.15) is 6.54 Å². The third kappa shape index (κ3) is 6.72. The van der Waals surface area contributed by atoms with Crippen LogP contribution < -0.4 is 5.32 Å². The van der Waals surface area contributed by atoms with Crippen LogP contribution in [0.2, 0.25) is 0 Å². The molecule has 2 amide bonds. The summed E-state index contributed by atoms with van der Waals surface area (Å²) in [6.07, 6.45) is 2.30. The van der Waals surface area contributed by atoms with Crippen LogP contribution in [0.25, 0.3) is 0 Å². The highest BCUT2D eigenvalue weighted by Crippen LogP contribution is 2.21. The van der Waals surface area contributed by atoms with Crippen molar-refractivity contribution in [1.29, 1.82) is 0 Å². The number of piperazine rings is 1. The summed E-state index contributed by atoms with van der Waals surface area (Å²) in [5.74, 6) is -2.14. The maximum atomic E-state index is 12.8. The molecule has 0 saturated carbocycles. The Bertz CT molecular complexity index is 640. The minimum Gasteiger partial charge on any atom is -0.480 e. The fraction of sp³-hybridized carbons (Fsp3) is 0.684. The lowest BCUT2D eigenvalue weighted by molar-refractivity contribution is -0.145. The van der Waals surface area contributed by atoms with Crippen LogP contribution in [0, 0.1) is 5.92 Å². The van der Waals surface area contributed by atoms with E-state index in [1.807, 2.05) is 0 Å². The predicted octanol–water partition coefficient (Wildman–Crippen LogP) is -0.464. The summed E-state index contributed by atoms with van der Waals surface area (Å²) in [6.45, 7) is 5.32. The number of ketones is 1. The molecule has 0 spiro atoms. The van der Waals surface area contributed by atoms with Crippen molar-refractivity contribution < 1.29 is 24.3 Å². The molecule has 0 aromatic carbocycles. The zero-order valence-corrected chi connectivity index (χ0v) is 16.6. The molecule has 0 bridgehead atoms. The van der Waals surface area contributed by atoms with Crippen LogP contribution in [-0.4, -0.2) is 96.2 Å². The van der Waals surface area contributed by atoms with Crippen molar-refractivity contribution >= 4 is 23.6 Å². The van der Waals surface area contributed by atoms with Crippen LogP contribution in [0.1, 0.15) is 26.2 Å². The van der Waals surface area contributed by atoms with Crippen LogP contribution in [0.3, 0.4) is 0 Å². The molecule has 2 rings (SSSR count). The van der Waals surface area contributed by atoms with Gasteiger partial charge in [-0.1, -0.05) is 0 Å². The van der Waals surface area contributed by atoms with Crippen molar-refractivity contribution in [3.05, 3.63) is 11.8 Å². The van der Waals surface area contributed by atoms with Crippen LogP contribution in [-0.2, 0) is 19.2 Å². The first-order valence-electron chi connectivity index (χ1n) is 9.68. The second-order valence-electron chi connectivity index (χ2n) is 7.52. The molecule has 1 atom stereocenters. The minimum absolute atomic E-state index is 0.0857. The summed E-state index contributed by atoms with van der Waals surface area (Å²) >= 11 is 0. The van der Waals surface area contributed by atoms with Gasteiger partial charge in [0, 0.05) is 56.8 Å². The van der Waals surface area contributed by atoms with Gasteiger partial charge < -0.3 is 20.2 Å². The highest BCUT2D eigenvalue weighted by molar-refractivity contribution is 5.94. The van der Waals surface area contributed by atoms with Crippen molar-refractivity contribution in [3.8, 4) is 0 Å². The fourth-order valence-corrected chi connectivity index (χ4v) is 3.47. The normalized spacial score (nSPS) is 24.3. The molecule has 1 saturated heterocycles. The van der Waals surface area contributed by atoms with Gasteiger partial charge in [0.25, 0.3) is 0 Å². The molecule has 0 aromatic heterocycles. The molecule has 1 fully saturated rings. The van der Waals surface area contributed by atoms with Crippen LogP contribution in [0.4, 0.5) is 0 Å². The summed E-state index contributed by atoms with van der Waals surface area (Å²) in [4.78, 5) is 53.4. The SMILES string of the molecule is C/C1=C/C(=O)CCC(CCNC(=O)CN2CCN(C)CC2)C(=O)N1CC(=O)O. The van der Waals surface area contributed by atoms with Crippen LogP contribution >= 0.6 is 0 Å². The molecule has 9 nitrogen and oxygen atoms in total. The van der Waals surface area contributed by atoms with Crippen molar-refractivity contribution in [3.63, 3.8) is 0 Å². The Morgan fingerprint density at radius 2 is 1.86 bits per heavy atom. The lowest BCUT2D eigenvalue weighted by Crippen LogP contribution is -2.48.